The van der Waals surface area contributed by atoms with Gasteiger partial charge in [0.05, 0.1) is 10.3 Å². The molecular weight excluding hydrogens is 429 g/mol. The summed E-state index contributed by atoms with van der Waals surface area (Å²) in [6.45, 7) is 2.83. The highest BCUT2D eigenvalue weighted by molar-refractivity contribution is 7.20. The fraction of sp³-hybridized carbons (Fsp3) is 0.208. The average molecular weight is 450 g/mol. The van der Waals surface area contributed by atoms with Crippen LogP contribution in [0.25, 0.3) is 10.2 Å². The van der Waals surface area contributed by atoms with Crippen molar-refractivity contribution in [2.45, 2.75) is 32.9 Å². The van der Waals surface area contributed by atoms with E-state index in [2.05, 4.69) is 10.3 Å². The van der Waals surface area contributed by atoms with Crippen LogP contribution in [0.5, 0.6) is 11.5 Å². The van der Waals surface area contributed by atoms with E-state index in [0.717, 1.165) is 24.2 Å². The van der Waals surface area contributed by atoms with Gasteiger partial charge in [-0.3, -0.25) is 14.2 Å². The molecule has 1 aliphatic rings. The number of nitrogens with zero attached hydrogens (tertiary/aromatic N) is 2. The molecule has 5 rings (SSSR count). The monoisotopic (exact) mass is 449 g/mol. The topological polar surface area (TPSA) is 73.2 Å². The van der Waals surface area contributed by atoms with E-state index in [0.29, 0.717) is 45.2 Å². The quantitative estimate of drug-likeness (QED) is 0.484. The van der Waals surface area contributed by atoms with Gasteiger partial charge in [-0.1, -0.05) is 12.1 Å². The molecule has 6 nitrogen and oxygen atoms in total. The molecule has 1 aliphatic heterocycles. The highest BCUT2D eigenvalue weighted by Crippen LogP contribution is 2.28. The Labute approximate surface area is 187 Å². The number of thiophene rings is 1. The summed E-state index contributed by atoms with van der Waals surface area (Å²) in [6, 6.07) is 13.1. The molecule has 1 amide bonds. The lowest BCUT2D eigenvalue weighted by atomic mass is 10.2. The number of aromatic nitrogens is 2. The van der Waals surface area contributed by atoms with Gasteiger partial charge in [-0.2, -0.15) is 0 Å². The smallest absolute Gasteiger partial charge is 0.262 e. The number of carbonyl (C=O) groups excluding carboxylic acids is 1. The molecule has 0 spiro atoms. The number of fused-ring (bicyclic) bond motifs is 2. The summed E-state index contributed by atoms with van der Waals surface area (Å²) < 4.78 is 20.4. The molecular formula is C24H20FN3O3S. The second-order valence-corrected chi connectivity index (χ2v) is 8.71. The third-order valence-electron chi connectivity index (χ3n) is 5.54. The fourth-order valence-corrected chi connectivity index (χ4v) is 4.98. The Morgan fingerprint density at radius 1 is 1.16 bits per heavy atom. The van der Waals surface area contributed by atoms with Crippen LogP contribution in [0.2, 0.25) is 0 Å². The molecule has 0 bridgehead atoms. The number of rotatable bonds is 5. The largest absolute Gasteiger partial charge is 0.457 e. The Kier molecular flexibility index (Phi) is 5.22. The molecule has 0 fully saturated rings. The number of carbonyl (C=O) groups is 1. The maximum Gasteiger partial charge on any atom is 0.262 e. The zero-order valence-corrected chi connectivity index (χ0v) is 18.2. The van der Waals surface area contributed by atoms with Crippen molar-refractivity contribution < 1.29 is 13.9 Å². The lowest BCUT2D eigenvalue weighted by Crippen LogP contribution is -2.23. The Hall–Kier alpha value is -3.52. The summed E-state index contributed by atoms with van der Waals surface area (Å²) in [4.78, 5) is 31.4. The van der Waals surface area contributed by atoms with Crippen LogP contribution in [0.3, 0.4) is 0 Å². The van der Waals surface area contributed by atoms with Crippen LogP contribution in [-0.2, 0) is 19.5 Å². The van der Waals surface area contributed by atoms with Gasteiger partial charge in [-0.05, 0) is 60.9 Å². The Morgan fingerprint density at radius 2 is 1.84 bits per heavy atom. The number of halogens is 1. The molecule has 8 heteroatoms. The van der Waals surface area contributed by atoms with Crippen LogP contribution in [0.4, 0.5) is 4.39 Å². The molecule has 0 radical (unpaired) electrons. The van der Waals surface area contributed by atoms with E-state index in [1.807, 2.05) is 12.1 Å². The van der Waals surface area contributed by atoms with Crippen molar-refractivity contribution in [1.82, 2.24) is 14.9 Å². The highest BCUT2D eigenvalue weighted by atomic mass is 32.1. The predicted molar refractivity (Wildman–Crippen MR) is 121 cm³/mol. The number of aryl methyl sites for hydroxylation is 2. The number of hydrogen-bond donors (Lipinski definition) is 1. The van der Waals surface area contributed by atoms with E-state index in [1.54, 1.807) is 35.8 Å². The number of nitrogens with one attached hydrogen (secondary N) is 1. The van der Waals surface area contributed by atoms with Crippen molar-refractivity contribution in [3.05, 3.63) is 86.5 Å². The minimum Gasteiger partial charge on any atom is -0.457 e. The maximum absolute atomic E-state index is 13.0. The Bertz CT molecular complexity index is 1380. The number of ether oxygens (including phenoxy) is 1. The van der Waals surface area contributed by atoms with E-state index in [1.165, 1.54) is 23.5 Å². The van der Waals surface area contributed by atoms with Crippen molar-refractivity contribution in [3.63, 3.8) is 0 Å². The second kappa shape index (κ2) is 8.20. The van der Waals surface area contributed by atoms with Crippen LogP contribution < -0.4 is 15.6 Å². The molecule has 0 aliphatic carbocycles. The minimum absolute atomic E-state index is 0.0490. The van der Waals surface area contributed by atoms with Crippen molar-refractivity contribution >= 4 is 27.5 Å². The molecule has 0 atom stereocenters. The zero-order chi connectivity index (χ0) is 22.2. The van der Waals surface area contributed by atoms with Crippen molar-refractivity contribution in [2.75, 3.05) is 0 Å². The van der Waals surface area contributed by atoms with Crippen molar-refractivity contribution in [1.29, 1.82) is 0 Å². The summed E-state index contributed by atoms with van der Waals surface area (Å²) in [7, 11) is 0. The van der Waals surface area contributed by atoms with Crippen molar-refractivity contribution in [2.24, 2.45) is 0 Å². The lowest BCUT2D eigenvalue weighted by Gasteiger charge is -2.08. The predicted octanol–water partition coefficient (Wildman–Crippen LogP) is 4.57. The normalized spacial score (nSPS) is 12.7. The van der Waals surface area contributed by atoms with Gasteiger partial charge in [0.2, 0.25) is 0 Å². The number of hydrogen-bond acceptors (Lipinski definition) is 5. The molecule has 4 aromatic rings. The summed E-state index contributed by atoms with van der Waals surface area (Å²) >= 11 is 1.27. The first-order valence-corrected chi connectivity index (χ1v) is 11.1. The Morgan fingerprint density at radius 3 is 2.56 bits per heavy atom. The van der Waals surface area contributed by atoms with Gasteiger partial charge in [0.25, 0.3) is 11.5 Å². The second-order valence-electron chi connectivity index (χ2n) is 7.71. The zero-order valence-electron chi connectivity index (χ0n) is 17.4. The molecule has 0 unspecified atom stereocenters. The standard InChI is InChI=1S/C24H20FN3O3S/c1-14-20-23(27-19-3-2-12-28(19)24(20)30)32-21(14)22(29)26-13-15-4-8-17(9-5-15)31-18-10-6-16(25)7-11-18/h4-11H,2-3,12-13H2,1H3,(H,26,29). The summed E-state index contributed by atoms with van der Waals surface area (Å²) in [5, 5.41) is 3.47. The number of amides is 1. The van der Waals surface area contributed by atoms with Gasteiger partial charge < -0.3 is 10.1 Å². The molecule has 2 aromatic carbocycles. The lowest BCUT2D eigenvalue weighted by molar-refractivity contribution is 0.0954. The molecule has 0 saturated heterocycles. The van der Waals surface area contributed by atoms with Crippen LogP contribution >= 0.6 is 11.3 Å². The molecule has 162 valence electrons. The van der Waals surface area contributed by atoms with Gasteiger partial charge in [-0.15, -0.1) is 11.3 Å². The minimum atomic E-state index is -0.317. The first kappa shape index (κ1) is 20.4. The summed E-state index contributed by atoms with van der Waals surface area (Å²) in [5.41, 5.74) is 1.54. The molecule has 32 heavy (non-hydrogen) atoms. The molecule has 1 N–H and O–H groups in total. The molecule has 2 aromatic heterocycles. The Balaban J connectivity index is 1.28. The fourth-order valence-electron chi connectivity index (χ4n) is 3.87. The summed E-state index contributed by atoms with van der Waals surface area (Å²) in [5.74, 6) is 1.43. The van der Waals surface area contributed by atoms with E-state index in [-0.39, 0.29) is 17.3 Å². The summed E-state index contributed by atoms with van der Waals surface area (Å²) in [6.07, 6.45) is 1.73. The third-order valence-corrected chi connectivity index (χ3v) is 6.73. The van der Waals surface area contributed by atoms with E-state index in [4.69, 9.17) is 4.74 Å². The van der Waals surface area contributed by atoms with E-state index >= 15 is 0 Å². The van der Waals surface area contributed by atoms with Crippen molar-refractivity contribution in [3.8, 4) is 11.5 Å². The number of benzene rings is 2. The highest BCUT2D eigenvalue weighted by Gasteiger charge is 2.23. The molecule has 3 heterocycles. The van der Waals surface area contributed by atoms with E-state index in [9.17, 15) is 14.0 Å². The average Bonchev–Trinajstić information content (AvgIpc) is 3.40. The van der Waals surface area contributed by atoms with Gasteiger partial charge in [0, 0.05) is 19.5 Å². The van der Waals surface area contributed by atoms with Crippen LogP contribution in [0, 0.1) is 12.7 Å². The third kappa shape index (κ3) is 3.78. The van der Waals surface area contributed by atoms with Crippen LogP contribution in [0.1, 0.15) is 33.0 Å². The first-order chi connectivity index (χ1) is 15.5. The van der Waals surface area contributed by atoms with Gasteiger partial charge >= 0.3 is 0 Å². The first-order valence-electron chi connectivity index (χ1n) is 10.3. The van der Waals surface area contributed by atoms with Crippen LogP contribution in [0.15, 0.2) is 53.3 Å². The van der Waals surface area contributed by atoms with Crippen LogP contribution in [-0.4, -0.2) is 15.5 Å². The van der Waals surface area contributed by atoms with Gasteiger partial charge in [0.1, 0.15) is 28.0 Å². The van der Waals surface area contributed by atoms with E-state index < -0.39 is 0 Å². The maximum atomic E-state index is 13.0. The SMILES string of the molecule is Cc1c(C(=O)NCc2ccc(Oc3ccc(F)cc3)cc2)sc2nc3n(c(=O)c12)CCC3. The van der Waals surface area contributed by atoms with Gasteiger partial charge in [0.15, 0.2) is 0 Å². The van der Waals surface area contributed by atoms with Gasteiger partial charge in [-0.25, -0.2) is 9.37 Å². The molecule has 0 saturated carbocycles.